The average molecular weight is 701 g/mol. The van der Waals surface area contributed by atoms with Crippen LogP contribution >= 0.6 is 0 Å². The van der Waals surface area contributed by atoms with Crippen LogP contribution in [0.25, 0.3) is 88.0 Å². The molecule has 0 saturated carbocycles. The molecule has 0 unspecified atom stereocenters. The smallest absolute Gasteiger partial charge is 0.135 e. The van der Waals surface area contributed by atoms with Crippen LogP contribution in [-0.4, -0.2) is 0 Å². The molecule has 0 atom stereocenters. The van der Waals surface area contributed by atoms with E-state index in [0.717, 1.165) is 49.4 Å². The number of benzene rings is 9. The lowest BCUT2D eigenvalue weighted by molar-refractivity contribution is 0.668. The van der Waals surface area contributed by atoms with E-state index in [9.17, 15) is 0 Å². The topological polar surface area (TPSA) is 26.3 Å². The van der Waals surface area contributed by atoms with Crippen molar-refractivity contribution in [3.05, 3.63) is 216 Å². The summed E-state index contributed by atoms with van der Waals surface area (Å²) in [5.41, 5.74) is 15.4. The highest BCUT2D eigenvalue weighted by Gasteiger charge is 2.48. The summed E-state index contributed by atoms with van der Waals surface area (Å²) < 4.78 is 12.5. The van der Waals surface area contributed by atoms with Crippen molar-refractivity contribution in [3.63, 3.8) is 0 Å². The first-order valence-corrected chi connectivity index (χ1v) is 18.9. The number of fused-ring (bicyclic) bond motifs is 11. The predicted molar refractivity (Wildman–Crippen MR) is 227 cm³/mol. The van der Waals surface area contributed by atoms with Crippen LogP contribution in [-0.2, 0) is 5.41 Å². The van der Waals surface area contributed by atoms with Gasteiger partial charge in [0.1, 0.15) is 22.3 Å². The minimum atomic E-state index is -0.600. The Morgan fingerprint density at radius 1 is 0.327 bits per heavy atom. The maximum Gasteiger partial charge on any atom is 0.135 e. The van der Waals surface area contributed by atoms with Gasteiger partial charge in [-0.1, -0.05) is 146 Å². The summed E-state index contributed by atoms with van der Waals surface area (Å²) in [5, 5.41) is 7.00. The van der Waals surface area contributed by atoms with Crippen LogP contribution in [0.3, 0.4) is 0 Å². The zero-order chi connectivity index (χ0) is 36.1. The zero-order valence-corrected chi connectivity index (χ0v) is 29.8. The lowest BCUT2D eigenvalue weighted by Gasteiger charge is -2.35. The van der Waals surface area contributed by atoms with Crippen molar-refractivity contribution in [3.8, 4) is 33.4 Å². The third-order valence-corrected chi connectivity index (χ3v) is 11.9. The average Bonchev–Trinajstić information content (AvgIpc) is 3.92. The van der Waals surface area contributed by atoms with Gasteiger partial charge >= 0.3 is 0 Å². The first-order chi connectivity index (χ1) is 27.3. The van der Waals surface area contributed by atoms with E-state index in [1.165, 1.54) is 60.8 Å². The van der Waals surface area contributed by atoms with Crippen LogP contribution in [0.15, 0.2) is 203 Å². The van der Waals surface area contributed by atoms with Gasteiger partial charge in [0.05, 0.1) is 5.41 Å². The molecule has 0 aliphatic heterocycles. The molecule has 2 nitrogen and oxygen atoms in total. The predicted octanol–water partition coefficient (Wildman–Crippen LogP) is 14.3. The molecule has 1 aliphatic rings. The first kappa shape index (κ1) is 30.3. The summed E-state index contributed by atoms with van der Waals surface area (Å²) in [4.78, 5) is 0. The van der Waals surface area contributed by atoms with Crippen LogP contribution in [0.2, 0.25) is 0 Å². The van der Waals surface area contributed by atoms with Crippen molar-refractivity contribution in [1.82, 2.24) is 0 Å². The highest BCUT2D eigenvalue weighted by atomic mass is 16.3. The lowest BCUT2D eigenvalue weighted by atomic mass is 9.66. The van der Waals surface area contributed by atoms with E-state index in [0.29, 0.717) is 0 Å². The molecule has 0 N–H and O–H groups in total. The Morgan fingerprint density at radius 2 is 0.818 bits per heavy atom. The molecule has 0 bridgehead atoms. The SMILES string of the molecule is c1ccc(C2(c3ccccc3)c3cc(-c4ccc5oc6ccccc6c5c4)ccc3-c3c(-c4ccc5oc6ccccc6c5c4)cc4ccccc4c32)cc1. The van der Waals surface area contributed by atoms with E-state index < -0.39 is 5.41 Å². The van der Waals surface area contributed by atoms with E-state index in [1.807, 2.05) is 18.2 Å². The van der Waals surface area contributed by atoms with E-state index in [4.69, 9.17) is 8.83 Å². The van der Waals surface area contributed by atoms with Crippen LogP contribution in [0, 0.1) is 0 Å². The Balaban J connectivity index is 1.21. The van der Waals surface area contributed by atoms with E-state index >= 15 is 0 Å². The van der Waals surface area contributed by atoms with Gasteiger partial charge in [0.2, 0.25) is 0 Å². The Morgan fingerprint density at radius 3 is 1.47 bits per heavy atom. The first-order valence-electron chi connectivity index (χ1n) is 18.9. The van der Waals surface area contributed by atoms with Crippen molar-refractivity contribution in [2.24, 2.45) is 0 Å². The second kappa shape index (κ2) is 11.4. The van der Waals surface area contributed by atoms with Crippen LogP contribution < -0.4 is 0 Å². The molecular formula is C53H32O2. The maximum absolute atomic E-state index is 6.31. The van der Waals surface area contributed by atoms with Crippen molar-refractivity contribution in [2.75, 3.05) is 0 Å². The number of rotatable bonds is 4. The van der Waals surface area contributed by atoms with Crippen molar-refractivity contribution < 1.29 is 8.83 Å². The molecule has 2 heterocycles. The fourth-order valence-corrected chi connectivity index (χ4v) is 9.57. The molecule has 2 heteroatoms. The monoisotopic (exact) mass is 700 g/mol. The molecule has 0 amide bonds. The molecule has 0 spiro atoms. The van der Waals surface area contributed by atoms with Gasteiger partial charge in [0.15, 0.2) is 0 Å². The van der Waals surface area contributed by atoms with Gasteiger partial charge in [-0.2, -0.15) is 0 Å². The van der Waals surface area contributed by atoms with Gasteiger partial charge in [0, 0.05) is 21.5 Å². The molecule has 0 saturated heterocycles. The van der Waals surface area contributed by atoms with Gasteiger partial charge in [-0.3, -0.25) is 0 Å². The van der Waals surface area contributed by atoms with Crippen LogP contribution in [0.1, 0.15) is 22.3 Å². The highest BCUT2D eigenvalue weighted by Crippen LogP contribution is 2.61. The molecule has 256 valence electrons. The Bertz CT molecular complexity index is 3270. The van der Waals surface area contributed by atoms with E-state index in [2.05, 4.69) is 176 Å². The van der Waals surface area contributed by atoms with Gasteiger partial charge in [-0.05, 0) is 115 Å². The summed E-state index contributed by atoms with van der Waals surface area (Å²) >= 11 is 0. The maximum atomic E-state index is 6.31. The largest absolute Gasteiger partial charge is 0.456 e. The molecule has 0 radical (unpaired) electrons. The Kier molecular flexibility index (Phi) is 6.29. The third-order valence-electron chi connectivity index (χ3n) is 11.9. The number of hydrogen-bond donors (Lipinski definition) is 0. The van der Waals surface area contributed by atoms with Gasteiger partial charge in [-0.15, -0.1) is 0 Å². The molecular weight excluding hydrogens is 669 g/mol. The summed E-state index contributed by atoms with van der Waals surface area (Å²) in [5.74, 6) is 0. The van der Waals surface area contributed by atoms with Crippen molar-refractivity contribution in [2.45, 2.75) is 5.41 Å². The quantitative estimate of drug-likeness (QED) is 0.183. The standard InChI is InChI=1S/C53H32O2/c1-3-14-37(15-4-1)53(38-16-5-2-6-17-38)46-32-34(33-24-27-49-44(29-33)40-19-9-11-21-47(40)54-49)23-26-42(46)51-43(30-35-13-7-8-18-39(35)52(51)53)36-25-28-50-45(31-36)41-20-10-12-22-48(41)55-50/h1-32H. The second-order valence-corrected chi connectivity index (χ2v) is 14.8. The summed E-state index contributed by atoms with van der Waals surface area (Å²) in [7, 11) is 0. The highest BCUT2D eigenvalue weighted by molar-refractivity contribution is 6.11. The fraction of sp³-hybridized carbons (Fsp3) is 0.0189. The second-order valence-electron chi connectivity index (χ2n) is 14.8. The lowest BCUT2D eigenvalue weighted by Crippen LogP contribution is -2.29. The normalized spacial score (nSPS) is 13.2. The molecule has 1 aliphatic carbocycles. The van der Waals surface area contributed by atoms with Crippen molar-refractivity contribution in [1.29, 1.82) is 0 Å². The van der Waals surface area contributed by atoms with E-state index in [-0.39, 0.29) is 0 Å². The molecule has 9 aromatic carbocycles. The summed E-state index contributed by atoms with van der Waals surface area (Å²) in [6.45, 7) is 0. The fourth-order valence-electron chi connectivity index (χ4n) is 9.57. The molecule has 2 aromatic heterocycles. The van der Waals surface area contributed by atoms with Gasteiger partial charge in [-0.25, -0.2) is 0 Å². The molecule has 12 rings (SSSR count). The summed E-state index contributed by atoms with van der Waals surface area (Å²) in [6.07, 6.45) is 0. The zero-order valence-electron chi connectivity index (χ0n) is 29.8. The Hall–Kier alpha value is -7.16. The Labute approximate surface area is 317 Å². The van der Waals surface area contributed by atoms with Gasteiger partial charge in [0.25, 0.3) is 0 Å². The molecule has 0 fully saturated rings. The molecule has 11 aromatic rings. The number of hydrogen-bond acceptors (Lipinski definition) is 2. The van der Waals surface area contributed by atoms with Crippen LogP contribution in [0.4, 0.5) is 0 Å². The minimum absolute atomic E-state index is 0.600. The van der Waals surface area contributed by atoms with E-state index in [1.54, 1.807) is 0 Å². The third kappa shape index (κ3) is 4.25. The van der Waals surface area contributed by atoms with Crippen molar-refractivity contribution >= 4 is 54.6 Å². The van der Waals surface area contributed by atoms with Crippen LogP contribution in [0.5, 0.6) is 0 Å². The molecule has 55 heavy (non-hydrogen) atoms. The minimum Gasteiger partial charge on any atom is -0.456 e. The summed E-state index contributed by atoms with van der Waals surface area (Å²) in [6, 6.07) is 70.7. The number of furan rings is 2. The van der Waals surface area contributed by atoms with Gasteiger partial charge < -0.3 is 8.83 Å². The number of para-hydroxylation sites is 2.